The van der Waals surface area contributed by atoms with E-state index >= 15 is 0 Å². The van der Waals surface area contributed by atoms with Crippen LogP contribution in [0.15, 0.2) is 60.1 Å². The second kappa shape index (κ2) is 5.06. The van der Waals surface area contributed by atoms with Crippen molar-refractivity contribution in [2.75, 3.05) is 7.05 Å². The van der Waals surface area contributed by atoms with Gasteiger partial charge in [-0.1, -0.05) is 37.8 Å². The average molecular weight is 231 g/mol. The van der Waals surface area contributed by atoms with Gasteiger partial charge in [-0.2, -0.15) is 0 Å². The highest BCUT2D eigenvalue weighted by Gasteiger charge is 2.23. The van der Waals surface area contributed by atoms with Crippen molar-refractivity contribution >= 4 is 0 Å². The normalized spacial score (nSPS) is 29.4. The Balaban J connectivity index is 2.22. The molecule has 0 amide bonds. The maximum absolute atomic E-state index is 5.61. The Morgan fingerprint density at radius 3 is 2.71 bits per heavy atom. The van der Waals surface area contributed by atoms with Crippen LogP contribution in [-0.4, -0.2) is 13.5 Å². The molecule has 2 atom stereocenters. The van der Waals surface area contributed by atoms with E-state index in [1.165, 1.54) is 5.57 Å². The molecule has 0 fully saturated rings. The van der Waals surface area contributed by atoms with E-state index in [2.05, 4.69) is 31.0 Å². The molecule has 0 aromatic carbocycles. The topological polar surface area (TPSA) is 30.5 Å². The number of hydrogen-bond acceptors (Lipinski definition) is 3. The molecule has 0 bridgehead atoms. The van der Waals surface area contributed by atoms with Crippen LogP contribution >= 0.6 is 0 Å². The zero-order valence-corrected chi connectivity index (χ0v) is 10.1. The van der Waals surface area contributed by atoms with Gasteiger partial charge in [-0.15, -0.1) is 0 Å². The van der Waals surface area contributed by atoms with Crippen molar-refractivity contribution < 1.29 is 9.47 Å². The minimum absolute atomic E-state index is 0.385. The quantitative estimate of drug-likeness (QED) is 0.810. The van der Waals surface area contributed by atoms with Crippen molar-refractivity contribution in [1.29, 1.82) is 0 Å². The molecule has 1 heterocycles. The Morgan fingerprint density at radius 1 is 1.29 bits per heavy atom. The van der Waals surface area contributed by atoms with Crippen LogP contribution in [-0.2, 0) is 9.47 Å². The summed E-state index contributed by atoms with van der Waals surface area (Å²) >= 11 is 0. The Morgan fingerprint density at radius 2 is 2.06 bits per heavy atom. The lowest BCUT2D eigenvalue weighted by Crippen LogP contribution is -2.25. The van der Waals surface area contributed by atoms with Crippen LogP contribution < -0.4 is 5.32 Å². The zero-order chi connectivity index (χ0) is 12.3. The maximum Gasteiger partial charge on any atom is 0.302 e. The van der Waals surface area contributed by atoms with Gasteiger partial charge < -0.3 is 9.47 Å². The van der Waals surface area contributed by atoms with E-state index in [1.807, 2.05) is 18.2 Å². The number of allylic oxidation sites excluding steroid dienone is 7. The van der Waals surface area contributed by atoms with Gasteiger partial charge in [0.1, 0.15) is 0 Å². The van der Waals surface area contributed by atoms with Gasteiger partial charge in [0.25, 0.3) is 0 Å². The molecule has 3 heteroatoms. The number of hydrogen-bond donors (Lipinski definition) is 1. The van der Waals surface area contributed by atoms with Gasteiger partial charge in [0.05, 0.1) is 0 Å². The molecule has 0 spiro atoms. The smallest absolute Gasteiger partial charge is 0.302 e. The molecule has 2 aliphatic rings. The van der Waals surface area contributed by atoms with E-state index in [-0.39, 0.29) is 0 Å². The van der Waals surface area contributed by atoms with Crippen molar-refractivity contribution in [3.63, 3.8) is 0 Å². The Labute approximate surface area is 102 Å². The molecule has 0 radical (unpaired) electrons. The van der Waals surface area contributed by atoms with Crippen LogP contribution in [0, 0.1) is 5.92 Å². The lowest BCUT2D eigenvalue weighted by atomic mass is 9.96. The number of nitrogens with one attached hydrogen (secondary N) is 1. The summed E-state index contributed by atoms with van der Waals surface area (Å²) in [5, 5.41) is 2.91. The SMILES string of the molecule is C=CC1=C(/C=C2/C=CC=C[C@@H]2C)OC(NC)O1. The third kappa shape index (κ3) is 2.50. The summed E-state index contributed by atoms with van der Waals surface area (Å²) in [5.74, 6) is 1.78. The first-order valence-corrected chi connectivity index (χ1v) is 5.68. The molecule has 1 N–H and O–H groups in total. The average Bonchev–Trinajstić information content (AvgIpc) is 2.74. The van der Waals surface area contributed by atoms with Gasteiger partial charge >= 0.3 is 6.41 Å². The van der Waals surface area contributed by atoms with Gasteiger partial charge in [0, 0.05) is 0 Å². The predicted molar refractivity (Wildman–Crippen MR) is 67.8 cm³/mol. The van der Waals surface area contributed by atoms with Crippen LogP contribution in [0.1, 0.15) is 6.92 Å². The van der Waals surface area contributed by atoms with Gasteiger partial charge in [0.15, 0.2) is 11.5 Å². The molecular formula is C14H17NO2. The van der Waals surface area contributed by atoms with Crippen LogP contribution in [0.25, 0.3) is 0 Å². The van der Waals surface area contributed by atoms with Gasteiger partial charge in [-0.05, 0) is 30.7 Å². The van der Waals surface area contributed by atoms with E-state index in [0.717, 1.165) is 5.76 Å². The zero-order valence-electron chi connectivity index (χ0n) is 10.1. The fourth-order valence-corrected chi connectivity index (χ4v) is 1.73. The summed E-state index contributed by atoms with van der Waals surface area (Å²) in [5.41, 5.74) is 1.20. The maximum atomic E-state index is 5.61. The molecule has 1 aliphatic heterocycles. The van der Waals surface area contributed by atoms with Crippen molar-refractivity contribution in [3.8, 4) is 0 Å². The van der Waals surface area contributed by atoms with E-state index < -0.39 is 6.41 Å². The van der Waals surface area contributed by atoms with Crippen molar-refractivity contribution in [2.24, 2.45) is 5.92 Å². The fourth-order valence-electron chi connectivity index (χ4n) is 1.73. The highest BCUT2D eigenvalue weighted by molar-refractivity contribution is 5.39. The van der Waals surface area contributed by atoms with Gasteiger partial charge in [0.2, 0.25) is 0 Å². The van der Waals surface area contributed by atoms with Crippen LogP contribution in [0.3, 0.4) is 0 Å². The Hall–Kier alpha value is -1.74. The Kier molecular flexibility index (Phi) is 3.49. The highest BCUT2D eigenvalue weighted by atomic mass is 16.7. The minimum atomic E-state index is -0.423. The van der Waals surface area contributed by atoms with Crippen LogP contribution in [0.2, 0.25) is 0 Å². The van der Waals surface area contributed by atoms with Crippen molar-refractivity contribution in [3.05, 3.63) is 60.1 Å². The lowest BCUT2D eigenvalue weighted by molar-refractivity contribution is -0.0535. The first-order chi connectivity index (χ1) is 8.24. The molecule has 0 aromatic heterocycles. The van der Waals surface area contributed by atoms with E-state index in [1.54, 1.807) is 13.1 Å². The molecule has 90 valence electrons. The second-order valence-electron chi connectivity index (χ2n) is 3.97. The molecule has 0 aromatic rings. The monoisotopic (exact) mass is 231 g/mol. The number of rotatable bonds is 3. The molecule has 0 saturated carbocycles. The second-order valence-corrected chi connectivity index (χ2v) is 3.97. The van der Waals surface area contributed by atoms with Crippen LogP contribution in [0.5, 0.6) is 0 Å². The molecule has 1 aliphatic carbocycles. The van der Waals surface area contributed by atoms with Gasteiger partial charge in [-0.25, -0.2) is 0 Å². The first kappa shape index (κ1) is 11.7. The number of ether oxygens (including phenoxy) is 2. The summed E-state index contributed by atoms with van der Waals surface area (Å²) in [6, 6.07) is 0. The van der Waals surface area contributed by atoms with Crippen molar-refractivity contribution in [2.45, 2.75) is 13.3 Å². The molecule has 3 nitrogen and oxygen atoms in total. The van der Waals surface area contributed by atoms with E-state index in [9.17, 15) is 0 Å². The summed E-state index contributed by atoms with van der Waals surface area (Å²) < 4.78 is 11.1. The van der Waals surface area contributed by atoms with E-state index in [4.69, 9.17) is 9.47 Å². The fraction of sp³-hybridized carbons (Fsp3) is 0.286. The minimum Gasteiger partial charge on any atom is -0.438 e. The third-order valence-electron chi connectivity index (χ3n) is 2.76. The lowest BCUT2D eigenvalue weighted by Gasteiger charge is -2.12. The summed E-state index contributed by atoms with van der Waals surface area (Å²) in [6.07, 6.45) is 11.5. The first-order valence-electron chi connectivity index (χ1n) is 5.68. The van der Waals surface area contributed by atoms with E-state index in [0.29, 0.717) is 11.7 Å². The summed E-state index contributed by atoms with van der Waals surface area (Å²) in [7, 11) is 1.79. The molecule has 17 heavy (non-hydrogen) atoms. The highest BCUT2D eigenvalue weighted by Crippen LogP contribution is 2.27. The standard InChI is InChI=1S/C14H17NO2/c1-4-12-13(17-14(15-3)16-12)9-11-8-6-5-7-10(11)2/h4-10,14-15H,1H2,2-3H3/b11-9-/t10-,14?/m0/s1. The molecular weight excluding hydrogens is 214 g/mol. The largest absolute Gasteiger partial charge is 0.438 e. The van der Waals surface area contributed by atoms with Crippen molar-refractivity contribution in [1.82, 2.24) is 5.32 Å². The summed E-state index contributed by atoms with van der Waals surface area (Å²) in [6.45, 7) is 5.87. The molecule has 1 unspecified atom stereocenters. The van der Waals surface area contributed by atoms with Gasteiger partial charge in [-0.3, -0.25) is 5.32 Å². The molecule has 0 saturated heterocycles. The third-order valence-corrected chi connectivity index (χ3v) is 2.76. The predicted octanol–water partition coefficient (Wildman–Crippen LogP) is 2.62. The van der Waals surface area contributed by atoms with Crippen LogP contribution in [0.4, 0.5) is 0 Å². The molecule has 2 rings (SSSR count). The summed E-state index contributed by atoms with van der Waals surface area (Å²) in [4.78, 5) is 0. The Bertz CT molecular complexity index is 430.